The van der Waals surface area contributed by atoms with Crippen LogP contribution in [0.15, 0.2) is 18.2 Å². The maximum Gasteiger partial charge on any atom is 0.239 e. The Morgan fingerprint density at radius 2 is 2.11 bits per heavy atom. The maximum absolute atomic E-state index is 11.7. The van der Waals surface area contributed by atoms with Gasteiger partial charge >= 0.3 is 0 Å². The molecule has 0 aliphatic heterocycles. The molecule has 1 amide bonds. The van der Waals surface area contributed by atoms with Crippen LogP contribution in [-0.2, 0) is 4.79 Å². The van der Waals surface area contributed by atoms with Gasteiger partial charge in [0.25, 0.3) is 0 Å². The molecular formula is C15H22N2O2. The van der Waals surface area contributed by atoms with Crippen molar-refractivity contribution in [3.8, 4) is 5.75 Å². The fourth-order valence-corrected chi connectivity index (χ4v) is 2.75. The van der Waals surface area contributed by atoms with Crippen LogP contribution in [0.25, 0.3) is 0 Å². The smallest absolute Gasteiger partial charge is 0.239 e. The molecule has 4 heteroatoms. The third-order valence-corrected chi connectivity index (χ3v) is 3.79. The highest BCUT2D eigenvalue weighted by Crippen LogP contribution is 2.25. The number of benzene rings is 1. The van der Waals surface area contributed by atoms with Crippen LogP contribution in [0, 0.1) is 6.92 Å². The minimum Gasteiger partial charge on any atom is -0.496 e. The van der Waals surface area contributed by atoms with E-state index in [-0.39, 0.29) is 5.91 Å². The molecule has 4 nitrogen and oxygen atoms in total. The van der Waals surface area contributed by atoms with Crippen molar-refractivity contribution in [2.45, 2.75) is 44.7 Å². The highest BCUT2D eigenvalue weighted by atomic mass is 16.5. The number of rotatable bonds is 5. The number of aryl methyl sites for hydroxylation is 1. The number of amides is 1. The van der Waals surface area contributed by atoms with Crippen molar-refractivity contribution >= 4 is 5.91 Å². The van der Waals surface area contributed by atoms with Gasteiger partial charge in [-0.25, -0.2) is 0 Å². The molecule has 0 heterocycles. The minimum absolute atomic E-state index is 0.323. The molecule has 0 aromatic heterocycles. The summed E-state index contributed by atoms with van der Waals surface area (Å²) in [4.78, 5) is 11.7. The first-order chi connectivity index (χ1) is 9.11. The Morgan fingerprint density at radius 3 is 2.63 bits per heavy atom. The van der Waals surface area contributed by atoms with E-state index in [2.05, 4.69) is 5.32 Å². The van der Waals surface area contributed by atoms with E-state index in [4.69, 9.17) is 10.5 Å². The average molecular weight is 262 g/mol. The number of hydrogen-bond donors (Lipinski definition) is 2. The lowest BCUT2D eigenvalue weighted by molar-refractivity contribution is -0.120. The number of primary amides is 1. The number of nitrogens with two attached hydrogens (primary N) is 1. The zero-order valence-electron chi connectivity index (χ0n) is 11.6. The summed E-state index contributed by atoms with van der Waals surface area (Å²) in [5.41, 5.74) is 7.46. The molecule has 0 radical (unpaired) electrons. The second-order valence-corrected chi connectivity index (χ2v) is 5.21. The Kier molecular flexibility index (Phi) is 4.43. The SMILES string of the molecule is COc1ccc(C(NC2CCCC2)C(N)=O)cc1C. The lowest BCUT2D eigenvalue weighted by Crippen LogP contribution is -2.38. The standard InChI is InChI=1S/C15H22N2O2/c1-10-9-11(7-8-13(10)19-2)14(15(16)18)17-12-5-3-4-6-12/h7-9,12,14,17H,3-6H2,1-2H3,(H2,16,18). The van der Waals surface area contributed by atoms with E-state index in [1.54, 1.807) is 7.11 Å². The topological polar surface area (TPSA) is 64.3 Å². The average Bonchev–Trinajstić information content (AvgIpc) is 2.88. The third-order valence-electron chi connectivity index (χ3n) is 3.79. The first-order valence-corrected chi connectivity index (χ1v) is 6.81. The van der Waals surface area contributed by atoms with Gasteiger partial charge in [0.1, 0.15) is 11.8 Å². The summed E-state index contributed by atoms with van der Waals surface area (Å²) in [7, 11) is 1.64. The lowest BCUT2D eigenvalue weighted by atomic mass is 10.0. The largest absolute Gasteiger partial charge is 0.496 e. The van der Waals surface area contributed by atoms with Crippen molar-refractivity contribution in [2.75, 3.05) is 7.11 Å². The molecule has 3 N–H and O–H groups in total. The summed E-state index contributed by atoms with van der Waals surface area (Å²) in [6.07, 6.45) is 4.70. The van der Waals surface area contributed by atoms with Crippen LogP contribution in [-0.4, -0.2) is 19.1 Å². The van der Waals surface area contributed by atoms with Gasteiger partial charge < -0.3 is 10.5 Å². The van der Waals surface area contributed by atoms with E-state index in [9.17, 15) is 4.79 Å². The van der Waals surface area contributed by atoms with E-state index in [0.717, 1.165) is 29.7 Å². The van der Waals surface area contributed by atoms with Gasteiger partial charge in [0.15, 0.2) is 0 Å². The molecule has 1 fully saturated rings. The molecule has 0 saturated heterocycles. The van der Waals surface area contributed by atoms with Crippen molar-refractivity contribution in [3.63, 3.8) is 0 Å². The number of hydrogen-bond acceptors (Lipinski definition) is 3. The molecule has 1 saturated carbocycles. The number of carbonyl (C=O) groups is 1. The summed E-state index contributed by atoms with van der Waals surface area (Å²) in [5.74, 6) is 0.504. The lowest BCUT2D eigenvalue weighted by Gasteiger charge is -2.21. The Labute approximate surface area is 114 Å². The number of nitrogens with one attached hydrogen (secondary N) is 1. The number of methoxy groups -OCH3 is 1. The quantitative estimate of drug-likeness (QED) is 0.853. The molecular weight excluding hydrogens is 240 g/mol. The van der Waals surface area contributed by atoms with Gasteiger partial charge in [-0.15, -0.1) is 0 Å². The molecule has 1 unspecified atom stereocenters. The van der Waals surface area contributed by atoms with Crippen LogP contribution in [0.4, 0.5) is 0 Å². The first kappa shape index (κ1) is 13.9. The van der Waals surface area contributed by atoms with Crippen molar-refractivity contribution < 1.29 is 9.53 Å². The zero-order valence-corrected chi connectivity index (χ0v) is 11.6. The van der Waals surface area contributed by atoms with E-state index >= 15 is 0 Å². The van der Waals surface area contributed by atoms with E-state index in [1.165, 1.54) is 12.8 Å². The molecule has 2 rings (SSSR count). The first-order valence-electron chi connectivity index (χ1n) is 6.81. The van der Waals surface area contributed by atoms with Crippen LogP contribution < -0.4 is 15.8 Å². The zero-order chi connectivity index (χ0) is 13.8. The summed E-state index contributed by atoms with van der Waals surface area (Å²) in [6, 6.07) is 5.75. The molecule has 1 atom stereocenters. The molecule has 1 aromatic carbocycles. The molecule has 0 spiro atoms. The second-order valence-electron chi connectivity index (χ2n) is 5.21. The summed E-state index contributed by atoms with van der Waals surface area (Å²) in [6.45, 7) is 1.97. The predicted molar refractivity (Wildman–Crippen MR) is 75.1 cm³/mol. The van der Waals surface area contributed by atoms with Gasteiger partial charge in [0.05, 0.1) is 7.11 Å². The monoisotopic (exact) mass is 262 g/mol. The fraction of sp³-hybridized carbons (Fsp3) is 0.533. The maximum atomic E-state index is 11.7. The third kappa shape index (κ3) is 3.26. The molecule has 1 aromatic rings. The van der Waals surface area contributed by atoms with Crippen molar-refractivity contribution in [1.29, 1.82) is 0 Å². The van der Waals surface area contributed by atoms with Gasteiger partial charge in [-0.1, -0.05) is 25.0 Å². The molecule has 1 aliphatic carbocycles. The Bertz CT molecular complexity index is 453. The highest BCUT2D eigenvalue weighted by molar-refractivity contribution is 5.81. The minimum atomic E-state index is -0.410. The second kappa shape index (κ2) is 6.06. The van der Waals surface area contributed by atoms with Crippen LogP contribution >= 0.6 is 0 Å². The van der Waals surface area contributed by atoms with Gasteiger partial charge in [0, 0.05) is 6.04 Å². The number of ether oxygens (including phenoxy) is 1. The van der Waals surface area contributed by atoms with Crippen LogP contribution in [0.2, 0.25) is 0 Å². The van der Waals surface area contributed by atoms with E-state index in [1.807, 2.05) is 25.1 Å². The van der Waals surface area contributed by atoms with Crippen molar-refractivity contribution in [3.05, 3.63) is 29.3 Å². The molecule has 0 bridgehead atoms. The van der Waals surface area contributed by atoms with Crippen LogP contribution in [0.3, 0.4) is 0 Å². The Hall–Kier alpha value is -1.55. The molecule has 1 aliphatic rings. The number of carbonyl (C=O) groups excluding carboxylic acids is 1. The van der Waals surface area contributed by atoms with Crippen LogP contribution in [0.5, 0.6) is 5.75 Å². The Balaban J connectivity index is 2.18. The summed E-state index contributed by atoms with van der Waals surface area (Å²) >= 11 is 0. The summed E-state index contributed by atoms with van der Waals surface area (Å²) in [5, 5.41) is 3.38. The van der Waals surface area contributed by atoms with Gasteiger partial charge in [0.2, 0.25) is 5.91 Å². The molecule has 104 valence electrons. The fourth-order valence-electron chi connectivity index (χ4n) is 2.75. The van der Waals surface area contributed by atoms with Crippen molar-refractivity contribution in [1.82, 2.24) is 5.32 Å². The van der Waals surface area contributed by atoms with Gasteiger partial charge in [-0.05, 0) is 37.0 Å². The predicted octanol–water partition coefficient (Wildman–Crippen LogP) is 2.06. The van der Waals surface area contributed by atoms with E-state index < -0.39 is 6.04 Å². The van der Waals surface area contributed by atoms with Gasteiger partial charge in [-0.3, -0.25) is 10.1 Å². The van der Waals surface area contributed by atoms with Crippen molar-refractivity contribution in [2.24, 2.45) is 5.73 Å². The van der Waals surface area contributed by atoms with Crippen LogP contribution in [0.1, 0.15) is 42.9 Å². The normalized spacial score (nSPS) is 17.4. The highest BCUT2D eigenvalue weighted by Gasteiger charge is 2.24. The molecule has 19 heavy (non-hydrogen) atoms. The van der Waals surface area contributed by atoms with E-state index in [0.29, 0.717) is 6.04 Å². The Morgan fingerprint density at radius 1 is 1.42 bits per heavy atom. The van der Waals surface area contributed by atoms with Gasteiger partial charge in [-0.2, -0.15) is 0 Å². The summed E-state index contributed by atoms with van der Waals surface area (Å²) < 4.78 is 5.24.